The number of pyridine rings is 1. The lowest BCUT2D eigenvalue weighted by Crippen LogP contribution is -1.91. The SMILES string of the molecule is Cc1cnc(Oc2cc(Cl)c(Br)cc2Cl)c(Br)c1. The lowest BCUT2D eigenvalue weighted by molar-refractivity contribution is 0.459. The van der Waals surface area contributed by atoms with Gasteiger partial charge in [-0.05, 0) is 56.5 Å². The van der Waals surface area contributed by atoms with Gasteiger partial charge in [0.2, 0.25) is 5.88 Å². The Labute approximate surface area is 132 Å². The van der Waals surface area contributed by atoms with Gasteiger partial charge in [0.15, 0.2) is 0 Å². The van der Waals surface area contributed by atoms with Crippen LogP contribution in [0.25, 0.3) is 0 Å². The molecule has 1 aromatic carbocycles. The van der Waals surface area contributed by atoms with Crippen molar-refractivity contribution in [1.82, 2.24) is 4.98 Å². The monoisotopic (exact) mass is 409 g/mol. The van der Waals surface area contributed by atoms with Gasteiger partial charge in [-0.15, -0.1) is 0 Å². The fourth-order valence-electron chi connectivity index (χ4n) is 1.28. The Bertz CT molecular complexity index is 605. The number of hydrogen-bond donors (Lipinski definition) is 0. The first-order chi connectivity index (χ1) is 8.47. The fourth-order valence-corrected chi connectivity index (χ4v) is 2.66. The molecule has 1 heterocycles. The number of aromatic nitrogens is 1. The lowest BCUT2D eigenvalue weighted by Gasteiger charge is -2.09. The van der Waals surface area contributed by atoms with Crippen LogP contribution in [0.2, 0.25) is 10.0 Å². The third-order valence-corrected chi connectivity index (χ3v) is 4.19. The predicted octanol–water partition coefficient (Wildman–Crippen LogP) is 6.01. The van der Waals surface area contributed by atoms with Gasteiger partial charge in [-0.25, -0.2) is 4.98 Å². The molecule has 0 unspecified atom stereocenters. The quantitative estimate of drug-likeness (QED) is 0.564. The second-order valence-corrected chi connectivity index (χ2v) is 6.12. The fraction of sp³-hybridized carbons (Fsp3) is 0.0833. The van der Waals surface area contributed by atoms with E-state index in [1.807, 2.05) is 13.0 Å². The first-order valence-electron chi connectivity index (χ1n) is 4.92. The maximum Gasteiger partial charge on any atom is 0.233 e. The van der Waals surface area contributed by atoms with E-state index in [1.165, 1.54) is 0 Å². The normalized spacial score (nSPS) is 10.5. The van der Waals surface area contributed by atoms with Crippen LogP contribution in [-0.2, 0) is 0 Å². The van der Waals surface area contributed by atoms with Crippen LogP contribution in [0.15, 0.2) is 33.3 Å². The molecule has 0 aliphatic heterocycles. The molecule has 0 aliphatic carbocycles. The summed E-state index contributed by atoms with van der Waals surface area (Å²) in [5.74, 6) is 0.905. The van der Waals surface area contributed by atoms with Crippen molar-refractivity contribution in [3.05, 3.63) is 49.0 Å². The number of ether oxygens (including phenoxy) is 1. The molecule has 18 heavy (non-hydrogen) atoms. The highest BCUT2D eigenvalue weighted by Gasteiger charge is 2.10. The van der Waals surface area contributed by atoms with Gasteiger partial charge in [-0.2, -0.15) is 0 Å². The summed E-state index contributed by atoms with van der Waals surface area (Å²) in [6.07, 6.45) is 1.72. The summed E-state index contributed by atoms with van der Waals surface area (Å²) < 4.78 is 7.12. The number of hydrogen-bond acceptors (Lipinski definition) is 2. The maximum absolute atomic E-state index is 6.08. The van der Waals surface area contributed by atoms with Gasteiger partial charge in [-0.3, -0.25) is 0 Å². The molecule has 1 aromatic heterocycles. The highest BCUT2D eigenvalue weighted by atomic mass is 79.9. The number of rotatable bonds is 2. The molecule has 0 atom stereocenters. The zero-order valence-electron chi connectivity index (χ0n) is 9.18. The van der Waals surface area contributed by atoms with Gasteiger partial charge in [-0.1, -0.05) is 23.2 Å². The van der Waals surface area contributed by atoms with Crippen LogP contribution in [0.1, 0.15) is 5.56 Å². The van der Waals surface area contributed by atoms with Crippen molar-refractivity contribution in [2.24, 2.45) is 0 Å². The molecule has 0 N–H and O–H groups in total. The third kappa shape index (κ3) is 3.18. The van der Waals surface area contributed by atoms with E-state index in [1.54, 1.807) is 18.3 Å². The standard InChI is InChI=1S/C12H7Br2Cl2NO/c1-6-2-8(14)12(17-5-6)18-11-4-9(15)7(13)3-10(11)16/h2-5H,1H3. The van der Waals surface area contributed by atoms with Crippen LogP contribution in [0.4, 0.5) is 0 Å². The topological polar surface area (TPSA) is 22.1 Å². The molecule has 2 nitrogen and oxygen atoms in total. The number of benzene rings is 1. The van der Waals surface area contributed by atoms with E-state index >= 15 is 0 Å². The molecule has 2 aromatic rings. The summed E-state index contributed by atoms with van der Waals surface area (Å²) in [4.78, 5) is 4.18. The molecule has 0 aliphatic rings. The Morgan fingerprint density at radius 2 is 1.78 bits per heavy atom. The lowest BCUT2D eigenvalue weighted by atomic mass is 10.3. The molecule has 0 saturated carbocycles. The molecule has 0 bridgehead atoms. The van der Waals surface area contributed by atoms with Crippen LogP contribution in [0.3, 0.4) is 0 Å². The van der Waals surface area contributed by atoms with E-state index < -0.39 is 0 Å². The molecule has 94 valence electrons. The zero-order valence-corrected chi connectivity index (χ0v) is 13.9. The Balaban J connectivity index is 2.37. The highest BCUT2D eigenvalue weighted by molar-refractivity contribution is 9.10. The minimum absolute atomic E-state index is 0.445. The number of aryl methyl sites for hydroxylation is 1. The van der Waals surface area contributed by atoms with Crippen molar-refractivity contribution in [2.45, 2.75) is 6.92 Å². The summed E-state index contributed by atoms with van der Waals surface area (Å²) in [5.41, 5.74) is 1.04. The van der Waals surface area contributed by atoms with Crippen molar-refractivity contribution in [3.8, 4) is 11.6 Å². The van der Waals surface area contributed by atoms with Gasteiger partial charge >= 0.3 is 0 Å². The van der Waals surface area contributed by atoms with E-state index in [2.05, 4.69) is 36.8 Å². The molecule has 0 fully saturated rings. The molecule has 6 heteroatoms. The summed E-state index contributed by atoms with van der Waals surface area (Å²) in [6, 6.07) is 5.24. The first-order valence-corrected chi connectivity index (χ1v) is 7.26. The van der Waals surface area contributed by atoms with Gasteiger partial charge in [0, 0.05) is 16.7 Å². The van der Waals surface area contributed by atoms with E-state index in [4.69, 9.17) is 27.9 Å². The average molecular weight is 412 g/mol. The van der Waals surface area contributed by atoms with Crippen molar-refractivity contribution in [1.29, 1.82) is 0 Å². The number of halogens is 4. The predicted molar refractivity (Wildman–Crippen MR) is 80.9 cm³/mol. The van der Waals surface area contributed by atoms with Crippen LogP contribution in [-0.4, -0.2) is 4.98 Å². The average Bonchev–Trinajstić information content (AvgIpc) is 2.29. The van der Waals surface area contributed by atoms with Crippen LogP contribution in [0.5, 0.6) is 11.6 Å². The van der Waals surface area contributed by atoms with Crippen molar-refractivity contribution >= 4 is 55.1 Å². The van der Waals surface area contributed by atoms with Gasteiger partial charge in [0.25, 0.3) is 0 Å². The summed E-state index contributed by atoms with van der Waals surface area (Å²) in [5, 5.41) is 0.984. The largest absolute Gasteiger partial charge is 0.436 e. The van der Waals surface area contributed by atoms with Crippen molar-refractivity contribution < 1.29 is 4.74 Å². The van der Waals surface area contributed by atoms with E-state index in [0.29, 0.717) is 21.7 Å². The van der Waals surface area contributed by atoms with E-state index in [-0.39, 0.29) is 0 Å². The van der Waals surface area contributed by atoms with Crippen LogP contribution < -0.4 is 4.74 Å². The molecular formula is C12H7Br2Cl2NO. The zero-order chi connectivity index (χ0) is 13.3. The van der Waals surface area contributed by atoms with E-state index in [9.17, 15) is 0 Å². The molecule has 2 rings (SSSR count). The Morgan fingerprint density at radius 1 is 1.06 bits per heavy atom. The first kappa shape index (κ1) is 14.1. The van der Waals surface area contributed by atoms with Gasteiger partial charge in [0.05, 0.1) is 14.5 Å². The minimum atomic E-state index is 0.445. The molecular weight excluding hydrogens is 405 g/mol. The smallest absolute Gasteiger partial charge is 0.233 e. The van der Waals surface area contributed by atoms with Crippen molar-refractivity contribution in [3.63, 3.8) is 0 Å². The minimum Gasteiger partial charge on any atom is -0.436 e. The highest BCUT2D eigenvalue weighted by Crippen LogP contribution is 2.37. The molecule has 0 spiro atoms. The van der Waals surface area contributed by atoms with Crippen LogP contribution in [0, 0.1) is 6.92 Å². The van der Waals surface area contributed by atoms with E-state index in [0.717, 1.165) is 14.5 Å². The summed E-state index contributed by atoms with van der Waals surface area (Å²) >= 11 is 18.8. The number of nitrogens with zero attached hydrogens (tertiary/aromatic N) is 1. The van der Waals surface area contributed by atoms with Crippen molar-refractivity contribution in [2.75, 3.05) is 0 Å². The Morgan fingerprint density at radius 3 is 2.44 bits per heavy atom. The Hall–Kier alpha value is -0.290. The van der Waals surface area contributed by atoms with Gasteiger partial charge in [0.1, 0.15) is 5.75 Å². The second-order valence-electron chi connectivity index (χ2n) is 3.60. The second kappa shape index (κ2) is 5.78. The molecule has 0 amide bonds. The maximum atomic E-state index is 6.08. The van der Waals surface area contributed by atoms with Crippen LogP contribution >= 0.6 is 55.1 Å². The molecule has 0 saturated heterocycles. The molecule has 0 radical (unpaired) electrons. The third-order valence-electron chi connectivity index (χ3n) is 2.13. The van der Waals surface area contributed by atoms with Gasteiger partial charge < -0.3 is 4.74 Å². The summed E-state index contributed by atoms with van der Waals surface area (Å²) in [7, 11) is 0. The Kier molecular flexibility index (Phi) is 4.54. The summed E-state index contributed by atoms with van der Waals surface area (Å²) in [6.45, 7) is 1.95.